The third kappa shape index (κ3) is 5.72. The Labute approximate surface area is 153 Å². The van der Waals surface area contributed by atoms with Gasteiger partial charge in [-0.15, -0.1) is 0 Å². The molecule has 1 aliphatic heterocycles. The summed E-state index contributed by atoms with van der Waals surface area (Å²) in [6.45, 7) is 5.03. The highest BCUT2D eigenvalue weighted by Gasteiger charge is 2.29. The molecule has 8 heteroatoms. The normalized spacial score (nSPS) is 14.6. The molecule has 0 atom stereocenters. The fraction of sp³-hybridized carbons (Fsp3) is 0.556. The Kier molecular flexibility index (Phi) is 7.37. The number of nitrogens with one attached hydrogen (secondary N) is 1. The average molecular weight is 362 g/mol. The van der Waals surface area contributed by atoms with Gasteiger partial charge in [0, 0.05) is 45.0 Å². The minimum absolute atomic E-state index is 0.0183. The summed E-state index contributed by atoms with van der Waals surface area (Å²) in [5, 5.41) is 2.82. The molecule has 1 aromatic heterocycles. The van der Waals surface area contributed by atoms with Gasteiger partial charge in [-0.1, -0.05) is 0 Å². The van der Waals surface area contributed by atoms with Gasteiger partial charge in [-0.05, 0) is 37.5 Å². The largest absolute Gasteiger partial charge is 0.450 e. The van der Waals surface area contributed by atoms with E-state index in [1.807, 2.05) is 12.1 Å². The lowest BCUT2D eigenvalue weighted by atomic mass is 10.0. The van der Waals surface area contributed by atoms with Gasteiger partial charge in [-0.25, -0.2) is 4.79 Å². The molecule has 0 bridgehead atoms. The van der Waals surface area contributed by atoms with E-state index in [9.17, 15) is 14.4 Å². The molecule has 0 saturated carbocycles. The number of amides is 3. The molecule has 1 aromatic rings. The predicted molar refractivity (Wildman–Crippen MR) is 95.1 cm³/mol. The zero-order valence-corrected chi connectivity index (χ0v) is 15.3. The summed E-state index contributed by atoms with van der Waals surface area (Å²) >= 11 is 0. The second kappa shape index (κ2) is 9.74. The zero-order chi connectivity index (χ0) is 18.9. The van der Waals surface area contributed by atoms with Crippen LogP contribution < -0.4 is 5.32 Å². The number of piperidine rings is 1. The van der Waals surface area contributed by atoms with Gasteiger partial charge in [-0.3, -0.25) is 14.6 Å². The van der Waals surface area contributed by atoms with E-state index in [1.165, 1.54) is 6.92 Å². The van der Waals surface area contributed by atoms with Crippen molar-refractivity contribution in [3.8, 4) is 0 Å². The van der Waals surface area contributed by atoms with Crippen molar-refractivity contribution in [2.75, 3.05) is 26.2 Å². The van der Waals surface area contributed by atoms with Crippen molar-refractivity contribution in [3.63, 3.8) is 0 Å². The Bertz CT molecular complexity index is 615. The number of nitrogens with zero attached hydrogens (tertiary/aromatic N) is 3. The number of likely N-dealkylation sites (tertiary alicyclic amines) is 1. The summed E-state index contributed by atoms with van der Waals surface area (Å²) in [6.07, 6.45) is 4.28. The zero-order valence-electron chi connectivity index (χ0n) is 15.3. The minimum atomic E-state index is -0.324. The van der Waals surface area contributed by atoms with E-state index in [-0.39, 0.29) is 30.5 Å². The third-order valence-corrected chi connectivity index (χ3v) is 4.39. The molecule has 1 fully saturated rings. The van der Waals surface area contributed by atoms with Crippen LogP contribution in [0.3, 0.4) is 0 Å². The van der Waals surface area contributed by atoms with Gasteiger partial charge in [0.15, 0.2) is 0 Å². The molecule has 1 N–H and O–H groups in total. The molecule has 0 aliphatic carbocycles. The topological polar surface area (TPSA) is 91.8 Å². The van der Waals surface area contributed by atoms with Gasteiger partial charge in [0.1, 0.15) is 0 Å². The van der Waals surface area contributed by atoms with E-state index in [0.29, 0.717) is 39.1 Å². The first kappa shape index (κ1) is 19.7. The monoisotopic (exact) mass is 362 g/mol. The number of carbonyl (C=O) groups excluding carboxylic acids is 3. The van der Waals surface area contributed by atoms with Crippen molar-refractivity contribution in [1.29, 1.82) is 0 Å². The molecule has 0 unspecified atom stereocenters. The molecule has 0 aromatic carbocycles. The lowest BCUT2D eigenvalue weighted by molar-refractivity contribution is -0.137. The Hall–Kier alpha value is -2.64. The summed E-state index contributed by atoms with van der Waals surface area (Å²) in [6, 6.07) is 3.60. The van der Waals surface area contributed by atoms with Gasteiger partial charge in [0.2, 0.25) is 11.8 Å². The van der Waals surface area contributed by atoms with Crippen molar-refractivity contribution in [1.82, 2.24) is 20.1 Å². The number of rotatable bonds is 6. The molecule has 1 saturated heterocycles. The van der Waals surface area contributed by atoms with E-state index in [0.717, 1.165) is 5.56 Å². The molecule has 2 rings (SSSR count). The van der Waals surface area contributed by atoms with Crippen molar-refractivity contribution >= 4 is 17.9 Å². The maximum Gasteiger partial charge on any atom is 0.409 e. The van der Waals surface area contributed by atoms with Crippen molar-refractivity contribution in [2.45, 2.75) is 39.3 Å². The van der Waals surface area contributed by atoms with Gasteiger partial charge in [0.05, 0.1) is 13.2 Å². The highest BCUT2D eigenvalue weighted by atomic mass is 16.6. The van der Waals surface area contributed by atoms with Crippen LogP contribution in [-0.4, -0.2) is 65.0 Å². The van der Waals surface area contributed by atoms with Crippen LogP contribution >= 0.6 is 0 Å². The van der Waals surface area contributed by atoms with Crippen LogP contribution in [0.15, 0.2) is 24.5 Å². The molecule has 0 spiro atoms. The van der Waals surface area contributed by atoms with Gasteiger partial charge in [-0.2, -0.15) is 0 Å². The molecule has 0 radical (unpaired) electrons. The number of hydrogen-bond acceptors (Lipinski definition) is 5. The molecule has 1 aliphatic rings. The second-order valence-electron chi connectivity index (χ2n) is 6.20. The standard InChI is InChI=1S/C18H26N4O4/c1-3-26-18(25)21-10-6-16(7-11-21)22(14(2)23)13-17(24)20-12-15-4-8-19-9-5-15/h4-5,8-9,16H,3,6-7,10-13H2,1-2H3,(H,20,24). The van der Waals surface area contributed by atoms with Crippen LogP contribution in [-0.2, 0) is 20.9 Å². The van der Waals surface area contributed by atoms with Crippen molar-refractivity contribution in [3.05, 3.63) is 30.1 Å². The molecular weight excluding hydrogens is 336 g/mol. The fourth-order valence-corrected chi connectivity index (χ4v) is 2.98. The van der Waals surface area contributed by atoms with Crippen LogP contribution in [0.1, 0.15) is 32.3 Å². The number of pyridine rings is 1. The smallest absolute Gasteiger partial charge is 0.409 e. The first-order valence-electron chi connectivity index (χ1n) is 8.85. The maximum absolute atomic E-state index is 12.2. The third-order valence-electron chi connectivity index (χ3n) is 4.39. The highest BCUT2D eigenvalue weighted by molar-refractivity contribution is 5.84. The summed E-state index contributed by atoms with van der Waals surface area (Å²) < 4.78 is 5.00. The summed E-state index contributed by atoms with van der Waals surface area (Å²) in [7, 11) is 0. The van der Waals surface area contributed by atoms with E-state index < -0.39 is 0 Å². The lowest BCUT2D eigenvalue weighted by Gasteiger charge is -2.37. The SMILES string of the molecule is CCOC(=O)N1CCC(N(CC(=O)NCc2ccncc2)C(C)=O)CC1. The second-order valence-corrected chi connectivity index (χ2v) is 6.20. The highest BCUT2D eigenvalue weighted by Crippen LogP contribution is 2.17. The molecular formula is C18H26N4O4. The van der Waals surface area contributed by atoms with Crippen LogP contribution in [0, 0.1) is 0 Å². The fourth-order valence-electron chi connectivity index (χ4n) is 2.98. The maximum atomic E-state index is 12.2. The lowest BCUT2D eigenvalue weighted by Crippen LogP contribution is -2.51. The Balaban J connectivity index is 1.84. The summed E-state index contributed by atoms with van der Waals surface area (Å²) in [4.78, 5) is 43.2. The van der Waals surface area contributed by atoms with E-state index in [4.69, 9.17) is 4.74 Å². The van der Waals surface area contributed by atoms with Crippen LogP contribution in [0.5, 0.6) is 0 Å². The number of carbonyl (C=O) groups is 3. The first-order valence-corrected chi connectivity index (χ1v) is 8.85. The van der Waals surface area contributed by atoms with E-state index >= 15 is 0 Å². The van der Waals surface area contributed by atoms with Gasteiger partial charge < -0.3 is 19.9 Å². The van der Waals surface area contributed by atoms with E-state index in [2.05, 4.69) is 10.3 Å². The first-order chi connectivity index (χ1) is 12.5. The Morgan fingerprint density at radius 1 is 1.27 bits per heavy atom. The number of aromatic nitrogens is 1. The van der Waals surface area contributed by atoms with Crippen LogP contribution in [0.25, 0.3) is 0 Å². The molecule has 142 valence electrons. The summed E-state index contributed by atoms with van der Waals surface area (Å²) in [5.41, 5.74) is 0.950. The average Bonchev–Trinajstić information content (AvgIpc) is 2.65. The number of ether oxygens (including phenoxy) is 1. The minimum Gasteiger partial charge on any atom is -0.450 e. The van der Waals surface area contributed by atoms with Crippen molar-refractivity contribution < 1.29 is 19.1 Å². The van der Waals surface area contributed by atoms with E-state index in [1.54, 1.807) is 29.1 Å². The number of hydrogen-bond donors (Lipinski definition) is 1. The predicted octanol–water partition coefficient (Wildman–Crippen LogP) is 1.17. The van der Waals surface area contributed by atoms with Gasteiger partial charge >= 0.3 is 6.09 Å². The Morgan fingerprint density at radius 2 is 1.92 bits per heavy atom. The molecule has 8 nitrogen and oxygen atoms in total. The van der Waals surface area contributed by atoms with Crippen molar-refractivity contribution in [2.24, 2.45) is 0 Å². The summed E-state index contributed by atoms with van der Waals surface area (Å²) in [5.74, 6) is -0.344. The van der Waals surface area contributed by atoms with Crippen LogP contribution in [0.4, 0.5) is 4.79 Å². The van der Waals surface area contributed by atoms with Crippen LogP contribution in [0.2, 0.25) is 0 Å². The molecule has 3 amide bonds. The molecule has 2 heterocycles. The quantitative estimate of drug-likeness (QED) is 0.820. The molecule has 26 heavy (non-hydrogen) atoms. The van der Waals surface area contributed by atoms with Gasteiger partial charge in [0.25, 0.3) is 0 Å². The Morgan fingerprint density at radius 3 is 2.50 bits per heavy atom.